The maximum Gasteiger partial charge on any atom is 0.316 e. The second-order valence-electron chi connectivity index (χ2n) is 1.12. The molecular weight excluding hydrogens is 164 g/mol. The minimum atomic E-state index is 0. The summed E-state index contributed by atoms with van der Waals surface area (Å²) in [7, 11) is 0. The minimum absolute atomic E-state index is 0. The van der Waals surface area contributed by atoms with E-state index >= 15 is 0 Å². The third-order valence-electron chi connectivity index (χ3n) is 0.542. The van der Waals surface area contributed by atoms with E-state index in [0.717, 1.165) is 11.8 Å². The summed E-state index contributed by atoms with van der Waals surface area (Å²) in [5.41, 5.74) is 0. The molecular formula is C5H11BrMg. The lowest BCUT2D eigenvalue weighted by Gasteiger charge is -1.80. The van der Waals surface area contributed by atoms with Crippen LogP contribution in [0.25, 0.3) is 0 Å². The summed E-state index contributed by atoms with van der Waals surface area (Å²) >= 11 is 3.30. The zero-order valence-corrected chi connectivity index (χ0v) is 5.37. The Morgan fingerprint density at radius 1 is 1.57 bits per heavy atom. The predicted molar refractivity (Wildman–Crippen MR) is 41.8 cm³/mol. The van der Waals surface area contributed by atoms with E-state index in [4.69, 9.17) is 0 Å². The molecule has 0 aromatic heterocycles. The van der Waals surface area contributed by atoms with Gasteiger partial charge in [-0.25, -0.2) is 0 Å². The topological polar surface area (TPSA) is 0 Å². The van der Waals surface area contributed by atoms with Gasteiger partial charge in [-0.1, -0.05) is 22.0 Å². The van der Waals surface area contributed by atoms with Gasteiger partial charge in [0.05, 0.1) is 0 Å². The van der Waals surface area contributed by atoms with Crippen molar-refractivity contribution in [1.29, 1.82) is 0 Å². The lowest BCUT2D eigenvalue weighted by molar-refractivity contribution is 0.982. The van der Waals surface area contributed by atoms with Crippen LogP contribution in [0, 0.1) is 0 Å². The number of unbranched alkanes of at least 4 members (excludes halogenated alkanes) is 1. The van der Waals surface area contributed by atoms with Crippen LogP contribution in [0.1, 0.15) is 12.8 Å². The van der Waals surface area contributed by atoms with Crippen LogP contribution in [0.15, 0.2) is 12.7 Å². The highest BCUT2D eigenvalue weighted by atomic mass is 79.9. The minimum Gasteiger partial charge on any atom is -0.103 e. The van der Waals surface area contributed by atoms with Gasteiger partial charge in [0.15, 0.2) is 0 Å². The molecule has 0 saturated carbocycles. The molecule has 0 spiro atoms. The van der Waals surface area contributed by atoms with Crippen molar-refractivity contribution in [2.45, 2.75) is 12.8 Å². The highest BCUT2D eigenvalue weighted by molar-refractivity contribution is 9.09. The van der Waals surface area contributed by atoms with Gasteiger partial charge < -0.3 is 0 Å². The summed E-state index contributed by atoms with van der Waals surface area (Å²) < 4.78 is 0. The van der Waals surface area contributed by atoms with Gasteiger partial charge in [-0.15, -0.1) is 6.58 Å². The first-order valence-corrected chi connectivity index (χ1v) is 3.21. The Hall–Kier alpha value is 0.986. The normalized spacial score (nSPS) is 7.00. The quantitative estimate of drug-likeness (QED) is 0.263. The van der Waals surface area contributed by atoms with E-state index in [0.29, 0.717) is 0 Å². The Morgan fingerprint density at radius 3 is 2.29 bits per heavy atom. The van der Waals surface area contributed by atoms with Crippen LogP contribution in [0.2, 0.25) is 0 Å². The largest absolute Gasteiger partial charge is 0.316 e. The van der Waals surface area contributed by atoms with Crippen LogP contribution in [0.4, 0.5) is 0 Å². The van der Waals surface area contributed by atoms with Gasteiger partial charge in [-0.05, 0) is 12.8 Å². The van der Waals surface area contributed by atoms with Crippen molar-refractivity contribution < 1.29 is 0 Å². The van der Waals surface area contributed by atoms with Crippen LogP contribution in [0.5, 0.6) is 0 Å². The van der Waals surface area contributed by atoms with E-state index in [2.05, 4.69) is 22.5 Å². The molecule has 0 fully saturated rings. The fourth-order valence-electron chi connectivity index (χ4n) is 0.221. The summed E-state index contributed by atoms with van der Waals surface area (Å²) in [5, 5.41) is 1.10. The Morgan fingerprint density at radius 2 is 2.14 bits per heavy atom. The van der Waals surface area contributed by atoms with Crippen LogP contribution in [-0.2, 0) is 0 Å². The Balaban J connectivity index is 0. The van der Waals surface area contributed by atoms with Crippen molar-refractivity contribution in [3.63, 3.8) is 0 Å². The second-order valence-corrected chi connectivity index (χ2v) is 1.91. The number of alkyl halides is 1. The van der Waals surface area contributed by atoms with Gasteiger partial charge in [-0.3, -0.25) is 0 Å². The van der Waals surface area contributed by atoms with E-state index in [-0.39, 0.29) is 23.1 Å². The summed E-state index contributed by atoms with van der Waals surface area (Å²) in [5.74, 6) is 0. The molecule has 0 atom stereocenters. The van der Waals surface area contributed by atoms with E-state index in [1.807, 2.05) is 6.08 Å². The number of halogens is 1. The molecule has 0 aliphatic rings. The standard InChI is InChI=1S/C5H9Br.Mg.2H/c1-2-3-4-5-6;;;/h2H,1,3-5H2;;;. The van der Waals surface area contributed by atoms with Crippen molar-refractivity contribution in [2.75, 3.05) is 5.33 Å². The first kappa shape index (κ1) is 10.9. The van der Waals surface area contributed by atoms with Crippen molar-refractivity contribution in [3.05, 3.63) is 12.7 Å². The number of hydrogen-bond acceptors (Lipinski definition) is 0. The van der Waals surface area contributed by atoms with E-state index < -0.39 is 0 Å². The number of hydrogen-bond donors (Lipinski definition) is 0. The lowest BCUT2D eigenvalue weighted by atomic mass is 10.3. The summed E-state index contributed by atoms with van der Waals surface area (Å²) in [6.45, 7) is 3.58. The van der Waals surface area contributed by atoms with Gasteiger partial charge in [-0.2, -0.15) is 0 Å². The monoisotopic (exact) mass is 174 g/mol. The Kier molecular flexibility index (Phi) is 15.6. The first-order chi connectivity index (χ1) is 2.91. The summed E-state index contributed by atoms with van der Waals surface area (Å²) in [6, 6.07) is 0. The molecule has 0 aromatic rings. The van der Waals surface area contributed by atoms with E-state index in [1.54, 1.807) is 0 Å². The third-order valence-corrected chi connectivity index (χ3v) is 1.10. The first-order valence-electron chi connectivity index (χ1n) is 2.08. The highest BCUT2D eigenvalue weighted by Gasteiger charge is 1.72. The average Bonchev–Trinajstić information content (AvgIpc) is 1.61. The van der Waals surface area contributed by atoms with Gasteiger partial charge in [0, 0.05) is 5.33 Å². The Bertz CT molecular complexity index is 37.1. The van der Waals surface area contributed by atoms with Crippen LogP contribution >= 0.6 is 15.9 Å². The van der Waals surface area contributed by atoms with Crippen molar-refractivity contribution >= 4 is 39.0 Å². The molecule has 0 rings (SSSR count). The van der Waals surface area contributed by atoms with Crippen LogP contribution in [-0.4, -0.2) is 28.4 Å². The highest BCUT2D eigenvalue weighted by Crippen LogP contribution is 1.91. The zero-order valence-electron chi connectivity index (χ0n) is 3.78. The van der Waals surface area contributed by atoms with Crippen molar-refractivity contribution in [1.82, 2.24) is 0 Å². The SMILES string of the molecule is C=CCCCBr.[MgH2]. The molecule has 0 heterocycles. The third kappa shape index (κ3) is 10.9. The molecule has 0 N–H and O–H groups in total. The predicted octanol–water partition coefficient (Wildman–Crippen LogP) is 1.43. The molecule has 0 bridgehead atoms. The zero-order chi connectivity index (χ0) is 4.83. The van der Waals surface area contributed by atoms with Crippen molar-refractivity contribution in [2.24, 2.45) is 0 Å². The van der Waals surface area contributed by atoms with Crippen LogP contribution in [0.3, 0.4) is 0 Å². The lowest BCUT2D eigenvalue weighted by Crippen LogP contribution is -1.66. The van der Waals surface area contributed by atoms with Crippen LogP contribution < -0.4 is 0 Å². The molecule has 7 heavy (non-hydrogen) atoms. The van der Waals surface area contributed by atoms with E-state index in [9.17, 15) is 0 Å². The van der Waals surface area contributed by atoms with E-state index in [1.165, 1.54) is 6.42 Å². The van der Waals surface area contributed by atoms with Gasteiger partial charge >= 0.3 is 23.1 Å². The second kappa shape index (κ2) is 10.1. The fourth-order valence-corrected chi connectivity index (χ4v) is 0.545. The van der Waals surface area contributed by atoms with Crippen molar-refractivity contribution in [3.8, 4) is 0 Å². The number of allylic oxidation sites excluding steroid dienone is 1. The molecule has 40 valence electrons. The maximum absolute atomic E-state index is 3.58. The molecule has 0 unspecified atom stereocenters. The molecule has 2 heteroatoms. The number of rotatable bonds is 3. The molecule has 0 aliphatic heterocycles. The fraction of sp³-hybridized carbons (Fsp3) is 0.600. The van der Waals surface area contributed by atoms with Gasteiger partial charge in [0.2, 0.25) is 0 Å². The average molecular weight is 175 g/mol. The maximum atomic E-state index is 3.58. The summed E-state index contributed by atoms with van der Waals surface area (Å²) in [4.78, 5) is 0. The molecule has 0 saturated heterocycles. The molecule has 0 amide bonds. The summed E-state index contributed by atoms with van der Waals surface area (Å²) in [6.07, 6.45) is 4.27. The molecule has 0 aromatic carbocycles. The molecule has 0 aliphatic carbocycles. The molecule has 0 radical (unpaired) electrons. The molecule has 0 nitrogen and oxygen atoms in total. The smallest absolute Gasteiger partial charge is 0.103 e. The van der Waals surface area contributed by atoms with Gasteiger partial charge in [0.1, 0.15) is 0 Å². The Labute approximate surface area is 69.6 Å². The van der Waals surface area contributed by atoms with Gasteiger partial charge in [0.25, 0.3) is 0 Å².